The third-order valence-electron chi connectivity index (χ3n) is 9.23. The van der Waals surface area contributed by atoms with E-state index < -0.39 is 41.6 Å². The van der Waals surface area contributed by atoms with Crippen LogP contribution in [0.25, 0.3) is 0 Å². The molecular weight excluding hydrogens is 555 g/mol. The van der Waals surface area contributed by atoms with E-state index in [-0.39, 0.29) is 36.5 Å². The van der Waals surface area contributed by atoms with E-state index in [1.165, 1.54) is 0 Å². The van der Waals surface area contributed by atoms with Crippen LogP contribution >= 0.6 is 0 Å². The fourth-order valence-electron chi connectivity index (χ4n) is 6.84. The van der Waals surface area contributed by atoms with Gasteiger partial charge in [0.25, 0.3) is 0 Å². The summed E-state index contributed by atoms with van der Waals surface area (Å²) in [5, 5.41) is 8.99. The van der Waals surface area contributed by atoms with Gasteiger partial charge < -0.3 is 38.3 Å². The summed E-state index contributed by atoms with van der Waals surface area (Å²) in [6.07, 6.45) is -0.819. The first-order valence-corrected chi connectivity index (χ1v) is 15.1. The number of cyclic esters (lactones) is 1. The van der Waals surface area contributed by atoms with E-state index in [1.54, 1.807) is 40.0 Å². The number of likely N-dealkylation sites (N-methyl/N-ethyl adjacent to an activating group) is 2. The molecule has 12 heteroatoms. The third kappa shape index (κ3) is 6.95. The molecule has 1 radical (unpaired) electrons. The molecule has 0 aromatic heterocycles. The van der Waals surface area contributed by atoms with Gasteiger partial charge in [0.05, 0.1) is 17.9 Å². The van der Waals surface area contributed by atoms with Gasteiger partial charge in [-0.1, -0.05) is 26.0 Å². The van der Waals surface area contributed by atoms with Crippen molar-refractivity contribution < 1.29 is 43.0 Å². The van der Waals surface area contributed by atoms with Gasteiger partial charge in [0.15, 0.2) is 17.9 Å². The summed E-state index contributed by atoms with van der Waals surface area (Å²) in [5.74, 6) is -2.47. The number of esters is 1. The molecule has 0 amide bonds. The molecule has 0 unspecified atom stereocenters. The Kier molecular flexibility index (Phi) is 10.6. The number of Topliss-reactive ketones (excluding diaryl/α,β-unsaturated/α-hetero) is 1. The zero-order valence-corrected chi connectivity index (χ0v) is 26.9. The Balaban J connectivity index is 1.73. The minimum atomic E-state index is -1.45. The zero-order chi connectivity index (χ0) is 31.7. The summed E-state index contributed by atoms with van der Waals surface area (Å²) in [4.78, 5) is 31.9. The topological polar surface area (TPSA) is 116 Å². The van der Waals surface area contributed by atoms with E-state index in [0.29, 0.717) is 26.4 Å². The molecule has 0 saturated carbocycles. The molecule has 1 aromatic rings. The fraction of sp³-hybridized carbons (Fsp3) is 0.742. The average molecular weight is 604 g/mol. The molecule has 3 saturated heterocycles. The van der Waals surface area contributed by atoms with Gasteiger partial charge in [0.2, 0.25) is 0 Å². The van der Waals surface area contributed by atoms with E-state index in [0.717, 1.165) is 12.0 Å². The number of carbonyl (C=O) groups is 2. The van der Waals surface area contributed by atoms with E-state index >= 15 is 0 Å². The van der Waals surface area contributed by atoms with Crippen LogP contribution in [0.15, 0.2) is 24.3 Å². The molecule has 43 heavy (non-hydrogen) atoms. The first-order chi connectivity index (χ1) is 20.2. The summed E-state index contributed by atoms with van der Waals surface area (Å²) < 4.78 is 37.0. The Morgan fingerprint density at radius 1 is 1.09 bits per heavy atom. The van der Waals surface area contributed by atoms with Crippen molar-refractivity contribution >= 4 is 19.4 Å². The normalized spacial score (nSPS) is 37.7. The van der Waals surface area contributed by atoms with Crippen molar-refractivity contribution in [3.05, 3.63) is 29.8 Å². The number of rotatable bonds is 5. The van der Waals surface area contributed by atoms with Gasteiger partial charge in [0.1, 0.15) is 24.2 Å². The molecule has 3 aliphatic heterocycles. The monoisotopic (exact) mass is 603 g/mol. The SMILES string of the molecule is CO[C@]12C[C@@H](C)CN(C)[C@H](c3ccc(O[B]O)cc3)COC(=O)C(C)(C)C(=O)[C@H](C)[C@H]1O[C@@H]1O[C@H](C)C[C@H](N(C)C)[C@H]1O2. The summed E-state index contributed by atoms with van der Waals surface area (Å²) in [5.41, 5.74) is -0.564. The van der Waals surface area contributed by atoms with Crippen molar-refractivity contribution in [2.24, 2.45) is 17.3 Å². The molecule has 1 N–H and O–H groups in total. The van der Waals surface area contributed by atoms with Gasteiger partial charge in [-0.15, -0.1) is 0 Å². The van der Waals surface area contributed by atoms with Crippen LogP contribution in [0.1, 0.15) is 59.1 Å². The van der Waals surface area contributed by atoms with Crippen LogP contribution in [0.5, 0.6) is 5.75 Å². The molecule has 9 atom stereocenters. The highest BCUT2D eigenvalue weighted by atomic mass is 16.8. The van der Waals surface area contributed by atoms with Crippen LogP contribution < -0.4 is 4.65 Å². The van der Waals surface area contributed by atoms with E-state index in [1.807, 2.05) is 40.2 Å². The molecule has 0 spiro atoms. The zero-order valence-electron chi connectivity index (χ0n) is 26.9. The van der Waals surface area contributed by atoms with Crippen molar-refractivity contribution in [1.82, 2.24) is 9.80 Å². The minimum absolute atomic E-state index is 0.0153. The van der Waals surface area contributed by atoms with Crippen LogP contribution in [0.2, 0.25) is 0 Å². The van der Waals surface area contributed by atoms with Gasteiger partial charge in [-0.25, -0.2) is 0 Å². The fourth-order valence-corrected chi connectivity index (χ4v) is 6.84. The maximum atomic E-state index is 14.1. The Morgan fingerprint density at radius 3 is 2.37 bits per heavy atom. The number of hydrogen-bond donors (Lipinski definition) is 1. The van der Waals surface area contributed by atoms with Crippen molar-refractivity contribution in [1.29, 1.82) is 0 Å². The molecule has 1 aromatic carbocycles. The molecular formula is C31H48BN2O9. The van der Waals surface area contributed by atoms with Gasteiger partial charge in [-0.3, -0.25) is 14.5 Å². The lowest BCUT2D eigenvalue weighted by Crippen LogP contribution is -2.69. The van der Waals surface area contributed by atoms with Crippen molar-refractivity contribution in [2.75, 3.05) is 41.4 Å². The van der Waals surface area contributed by atoms with Crippen LogP contribution in [0, 0.1) is 17.3 Å². The predicted molar refractivity (Wildman–Crippen MR) is 159 cm³/mol. The number of hydrogen-bond acceptors (Lipinski definition) is 11. The molecule has 11 nitrogen and oxygen atoms in total. The Bertz CT molecular complexity index is 1120. The minimum Gasteiger partial charge on any atom is -0.537 e. The quantitative estimate of drug-likeness (QED) is 0.304. The lowest BCUT2D eigenvalue weighted by molar-refractivity contribution is -0.424. The summed E-state index contributed by atoms with van der Waals surface area (Å²) in [6.45, 7) is 9.72. The van der Waals surface area contributed by atoms with Crippen LogP contribution in [0.4, 0.5) is 0 Å². The number of methoxy groups -OCH3 is 1. The maximum Gasteiger partial charge on any atom is 0.569 e. The Hall–Kier alpha value is -2.06. The van der Waals surface area contributed by atoms with E-state index in [2.05, 4.69) is 16.7 Å². The van der Waals surface area contributed by atoms with Crippen molar-refractivity contribution in [3.63, 3.8) is 0 Å². The standard InChI is InChI=1S/C31H48BN2O9/c1-18-15-31(38-9)27(41-28-25(42-31)23(33(6)7)14-19(2)40-28)20(3)26(35)30(4,5)29(36)39-17-24(34(8)16-18)21-10-12-22(13-11-21)43-32-37/h10-13,18-20,23-25,27-28,37H,14-17H2,1-9H3/t18-,19-,20+,23+,24+,25-,27-,28+,31+/m1/s1. The molecule has 4 rings (SSSR count). The second-order valence-corrected chi connectivity index (χ2v) is 13.2. The second kappa shape index (κ2) is 13.5. The van der Waals surface area contributed by atoms with Crippen LogP contribution in [0.3, 0.4) is 0 Å². The number of fused-ring (bicyclic) bond motifs is 2. The first kappa shape index (κ1) is 33.8. The molecule has 0 bridgehead atoms. The molecule has 3 aliphatic rings. The molecule has 3 heterocycles. The molecule has 3 fully saturated rings. The van der Waals surface area contributed by atoms with Crippen LogP contribution in [-0.2, 0) is 33.3 Å². The number of ketones is 1. The largest absolute Gasteiger partial charge is 0.569 e. The molecule has 0 aliphatic carbocycles. The van der Waals surface area contributed by atoms with Crippen molar-refractivity contribution in [3.8, 4) is 5.75 Å². The second-order valence-electron chi connectivity index (χ2n) is 13.2. The lowest BCUT2D eigenvalue weighted by atomic mass is 9.76. The number of ether oxygens (including phenoxy) is 5. The molecule has 239 valence electrons. The maximum absolute atomic E-state index is 14.1. The third-order valence-corrected chi connectivity index (χ3v) is 9.23. The average Bonchev–Trinajstić information content (AvgIpc) is 2.96. The predicted octanol–water partition coefficient (Wildman–Crippen LogP) is 2.57. The van der Waals surface area contributed by atoms with Gasteiger partial charge >= 0.3 is 13.7 Å². The number of nitrogens with zero attached hydrogens (tertiary/aromatic N) is 2. The lowest BCUT2D eigenvalue weighted by Gasteiger charge is -2.55. The van der Waals surface area contributed by atoms with Crippen molar-refractivity contribution in [2.45, 2.75) is 89.9 Å². The summed E-state index contributed by atoms with van der Waals surface area (Å²) in [7, 11) is 8.22. The van der Waals surface area contributed by atoms with Gasteiger partial charge in [0, 0.05) is 32.0 Å². The Labute approximate surface area is 256 Å². The van der Waals surface area contributed by atoms with Crippen LogP contribution in [-0.4, -0.2) is 112 Å². The number of benzene rings is 1. The number of carbonyl (C=O) groups excluding carboxylic acids is 2. The summed E-state index contributed by atoms with van der Waals surface area (Å²) in [6, 6.07) is 6.91. The summed E-state index contributed by atoms with van der Waals surface area (Å²) >= 11 is 0. The van der Waals surface area contributed by atoms with Gasteiger partial charge in [-0.2, -0.15) is 0 Å². The highest BCUT2D eigenvalue weighted by Gasteiger charge is 2.59. The van der Waals surface area contributed by atoms with Gasteiger partial charge in [-0.05, 0) is 71.9 Å². The van der Waals surface area contributed by atoms with E-state index in [9.17, 15) is 9.59 Å². The smallest absolute Gasteiger partial charge is 0.537 e. The highest BCUT2D eigenvalue weighted by molar-refractivity contribution is 6.17. The van der Waals surface area contributed by atoms with E-state index in [4.69, 9.17) is 33.4 Å². The Morgan fingerprint density at radius 2 is 1.77 bits per heavy atom. The first-order valence-electron chi connectivity index (χ1n) is 15.1. The highest BCUT2D eigenvalue weighted by Crippen LogP contribution is 2.45.